The fourth-order valence-corrected chi connectivity index (χ4v) is 3.02. The number of rotatable bonds is 10. The van der Waals surface area contributed by atoms with Crippen molar-refractivity contribution in [3.05, 3.63) is 29.8 Å². The predicted octanol–water partition coefficient (Wildman–Crippen LogP) is 4.03. The van der Waals surface area contributed by atoms with Gasteiger partial charge in [0.05, 0.1) is 4.90 Å². The molecule has 0 unspecified atom stereocenters. The molecule has 0 bridgehead atoms. The molecule has 1 N–H and O–H groups in total. The summed E-state index contributed by atoms with van der Waals surface area (Å²) < 4.78 is 24.7. The van der Waals surface area contributed by atoms with E-state index in [1.54, 1.807) is 16.4 Å². The van der Waals surface area contributed by atoms with Crippen molar-refractivity contribution in [2.75, 3.05) is 0 Å². The van der Waals surface area contributed by atoms with E-state index in [4.69, 9.17) is 11.8 Å². The van der Waals surface area contributed by atoms with Crippen LogP contribution in [0, 0.1) is 0 Å². The van der Waals surface area contributed by atoms with Gasteiger partial charge in [-0.15, -0.1) is 4.24 Å². The van der Waals surface area contributed by atoms with Crippen LogP contribution in [0.1, 0.15) is 57.4 Å². The average molecular weight is 341 g/mol. The van der Waals surface area contributed by atoms with Crippen molar-refractivity contribution in [2.24, 2.45) is 0 Å². The quantitative estimate of drug-likeness (QED) is 0.397. The van der Waals surface area contributed by atoms with Gasteiger partial charge in [0.2, 0.25) is 0 Å². The normalized spacial score (nSPS) is 11.1. The Labute approximate surface area is 156 Å². The number of aryl methyl sites for hydroxylation is 1. The molecule has 1 aromatic rings. The molecule has 0 heterocycles. The van der Waals surface area contributed by atoms with Gasteiger partial charge in [-0.1, -0.05) is 57.6 Å². The maximum absolute atomic E-state index is 11.5. The van der Waals surface area contributed by atoms with E-state index in [0.717, 1.165) is 12.8 Å². The van der Waals surface area contributed by atoms with Crippen LogP contribution in [0.5, 0.6) is 0 Å². The molecule has 115 valence electrons. The third kappa shape index (κ3) is 8.58. The van der Waals surface area contributed by atoms with Crippen LogP contribution >= 0.6 is 11.8 Å². The Balaban J connectivity index is 0.00000400. The second-order valence-electron chi connectivity index (χ2n) is 5.10. The molecule has 6 heteroatoms. The Bertz CT molecular complexity index is 477. The van der Waals surface area contributed by atoms with Gasteiger partial charge < -0.3 is 0 Å². The molecule has 3 nitrogen and oxygen atoms in total. The molecule has 0 saturated carbocycles. The van der Waals surface area contributed by atoms with Gasteiger partial charge >= 0.3 is 0 Å². The van der Waals surface area contributed by atoms with E-state index in [-0.39, 0.29) is 34.5 Å². The third-order valence-corrected chi connectivity index (χ3v) is 5.11. The molecule has 0 saturated heterocycles. The number of halogens is 1. The summed E-state index contributed by atoms with van der Waals surface area (Å²) in [5, 5.41) is 0. The Morgan fingerprint density at radius 1 is 0.952 bits per heavy atom. The smallest absolute Gasteiger partial charge is 0.206 e. The molecule has 0 aromatic heterocycles. The topological polar surface area (TPSA) is 46.2 Å². The van der Waals surface area contributed by atoms with Crippen LogP contribution in [0.4, 0.5) is 0 Å². The van der Waals surface area contributed by atoms with Crippen LogP contribution in [0.15, 0.2) is 29.2 Å². The first kappa shape index (κ1) is 21.4. The van der Waals surface area contributed by atoms with Gasteiger partial charge in [-0.05, 0) is 42.3 Å². The van der Waals surface area contributed by atoms with Gasteiger partial charge in [-0.25, -0.2) is 8.42 Å². The SMILES string of the molecule is CCCCCCCCCc1ccc(S(=O)(=O)NCl)cc1.[Na]. The number of hydrogen-bond donors (Lipinski definition) is 1. The first-order valence-electron chi connectivity index (χ1n) is 7.31. The second kappa shape index (κ2) is 11.9. The van der Waals surface area contributed by atoms with Crippen LogP contribution in [0.25, 0.3) is 0 Å². The summed E-state index contributed by atoms with van der Waals surface area (Å²) in [5.74, 6) is 0. The maximum atomic E-state index is 11.5. The number of benzene rings is 1. The van der Waals surface area contributed by atoms with Crippen LogP contribution in [-0.4, -0.2) is 38.0 Å². The van der Waals surface area contributed by atoms with Crippen LogP contribution in [-0.2, 0) is 16.4 Å². The minimum Gasteiger partial charge on any atom is -0.206 e. The van der Waals surface area contributed by atoms with Gasteiger partial charge in [-0.3, -0.25) is 0 Å². The molecule has 0 aliphatic carbocycles. The van der Waals surface area contributed by atoms with Crippen molar-refractivity contribution in [2.45, 2.75) is 63.2 Å². The van der Waals surface area contributed by atoms with E-state index >= 15 is 0 Å². The predicted molar refractivity (Wildman–Crippen MR) is 90.1 cm³/mol. The number of hydrogen-bond acceptors (Lipinski definition) is 2. The molecule has 0 spiro atoms. The fraction of sp³-hybridized carbons (Fsp3) is 0.600. The molecule has 0 aliphatic rings. The molecule has 1 aromatic carbocycles. The van der Waals surface area contributed by atoms with Crippen LogP contribution in [0.3, 0.4) is 0 Å². The molecule has 21 heavy (non-hydrogen) atoms. The van der Waals surface area contributed by atoms with Crippen molar-refractivity contribution in [3.63, 3.8) is 0 Å². The van der Waals surface area contributed by atoms with Crippen molar-refractivity contribution in [3.8, 4) is 0 Å². The van der Waals surface area contributed by atoms with Crippen molar-refractivity contribution in [1.82, 2.24) is 4.24 Å². The van der Waals surface area contributed by atoms with Gasteiger partial charge in [0.15, 0.2) is 0 Å². The minimum absolute atomic E-state index is 0. The Morgan fingerprint density at radius 3 is 2.00 bits per heavy atom. The Hall–Kier alpha value is 0.420. The summed E-state index contributed by atoms with van der Waals surface area (Å²) in [6.45, 7) is 2.23. The van der Waals surface area contributed by atoms with E-state index in [2.05, 4.69) is 6.92 Å². The van der Waals surface area contributed by atoms with E-state index < -0.39 is 10.0 Å². The van der Waals surface area contributed by atoms with E-state index in [9.17, 15) is 8.42 Å². The summed E-state index contributed by atoms with van der Waals surface area (Å²) in [5.41, 5.74) is 1.17. The summed E-state index contributed by atoms with van der Waals surface area (Å²) in [6, 6.07) is 6.92. The number of unbranched alkanes of at least 4 members (excludes halogenated alkanes) is 6. The van der Waals surface area contributed by atoms with Gasteiger partial charge in [0, 0.05) is 29.6 Å². The van der Waals surface area contributed by atoms with Crippen molar-refractivity contribution in [1.29, 1.82) is 0 Å². The maximum Gasteiger partial charge on any atom is 0.253 e. The first-order valence-corrected chi connectivity index (χ1v) is 9.17. The van der Waals surface area contributed by atoms with Crippen molar-refractivity contribution < 1.29 is 8.42 Å². The monoisotopic (exact) mass is 340 g/mol. The Kier molecular flexibility index (Phi) is 12.2. The molecule has 0 aliphatic heterocycles. The zero-order valence-electron chi connectivity index (χ0n) is 13.1. The Morgan fingerprint density at radius 2 is 1.48 bits per heavy atom. The summed E-state index contributed by atoms with van der Waals surface area (Å²) in [6.07, 6.45) is 9.99. The number of nitrogens with one attached hydrogen (secondary N) is 1. The van der Waals surface area contributed by atoms with Crippen LogP contribution < -0.4 is 4.24 Å². The summed E-state index contributed by atoms with van der Waals surface area (Å²) in [7, 11) is -3.54. The second-order valence-corrected chi connectivity index (χ2v) is 7.19. The zero-order valence-corrected chi connectivity index (χ0v) is 16.6. The van der Waals surface area contributed by atoms with E-state index in [1.807, 2.05) is 12.1 Å². The van der Waals surface area contributed by atoms with Crippen molar-refractivity contribution >= 4 is 51.4 Å². The molecule has 0 atom stereocenters. The van der Waals surface area contributed by atoms with Gasteiger partial charge in [0.25, 0.3) is 10.0 Å². The molecular formula is C15H24ClNNaO2S. The van der Waals surface area contributed by atoms with E-state index in [1.165, 1.54) is 44.1 Å². The molecule has 1 rings (SSSR count). The molecular weight excluding hydrogens is 317 g/mol. The largest absolute Gasteiger partial charge is 0.253 e. The summed E-state index contributed by atoms with van der Waals surface area (Å²) in [4.78, 5) is 0.204. The third-order valence-electron chi connectivity index (χ3n) is 3.40. The molecule has 0 amide bonds. The first-order chi connectivity index (χ1) is 9.60. The number of sulfonamides is 1. The fourth-order valence-electron chi connectivity index (χ4n) is 2.17. The van der Waals surface area contributed by atoms with Crippen LogP contribution in [0.2, 0.25) is 0 Å². The van der Waals surface area contributed by atoms with E-state index in [0.29, 0.717) is 0 Å². The standard InChI is InChI=1S/C15H24ClNO2S.Na/c1-2-3-4-5-6-7-8-9-14-10-12-15(13-11-14)20(18,19)17-16;/h10-13,17H,2-9H2,1H3;. The zero-order chi connectivity index (χ0) is 14.8. The average Bonchev–Trinajstić information content (AvgIpc) is 2.47. The van der Waals surface area contributed by atoms with Gasteiger partial charge in [-0.2, -0.15) is 0 Å². The summed E-state index contributed by atoms with van der Waals surface area (Å²) >= 11 is 5.18. The molecule has 1 radical (unpaired) electrons. The minimum atomic E-state index is -3.54. The van der Waals surface area contributed by atoms with Gasteiger partial charge in [0.1, 0.15) is 0 Å². The molecule has 0 fully saturated rings.